The lowest BCUT2D eigenvalue weighted by molar-refractivity contribution is 0.601. The van der Waals surface area contributed by atoms with Crippen LogP contribution in [0.1, 0.15) is 5.56 Å². The number of sulfone groups is 1. The van der Waals surface area contributed by atoms with Crippen molar-refractivity contribution in [3.05, 3.63) is 54.2 Å². The van der Waals surface area contributed by atoms with Crippen LogP contribution in [0.3, 0.4) is 0 Å². The Morgan fingerprint density at radius 3 is 2.50 bits per heavy atom. The summed E-state index contributed by atoms with van der Waals surface area (Å²) in [6.45, 7) is 0. The van der Waals surface area contributed by atoms with Crippen LogP contribution in [0.5, 0.6) is 0 Å². The largest absolute Gasteiger partial charge is 0.368 e. The van der Waals surface area contributed by atoms with Gasteiger partial charge in [0, 0.05) is 37.8 Å². The van der Waals surface area contributed by atoms with E-state index in [-0.39, 0.29) is 11.7 Å². The molecule has 166 valence electrons. The van der Waals surface area contributed by atoms with Gasteiger partial charge in [0.1, 0.15) is 5.82 Å². The summed E-state index contributed by atoms with van der Waals surface area (Å²) in [7, 11) is 0.823. The first-order chi connectivity index (χ1) is 15.2. The molecular formula is C22H24N6O2S2. The number of rotatable bonds is 6. The van der Waals surface area contributed by atoms with E-state index in [1.54, 1.807) is 30.1 Å². The summed E-state index contributed by atoms with van der Waals surface area (Å²) in [6.07, 6.45) is 4.92. The molecule has 0 saturated heterocycles. The number of thioether (sulfide) groups is 1. The van der Waals surface area contributed by atoms with E-state index >= 15 is 0 Å². The summed E-state index contributed by atoms with van der Waals surface area (Å²) in [6, 6.07) is 13.4. The Morgan fingerprint density at radius 1 is 1.12 bits per heavy atom. The number of hydrogen-bond acceptors (Lipinski definition) is 8. The van der Waals surface area contributed by atoms with Crippen molar-refractivity contribution in [2.75, 3.05) is 30.2 Å². The molecule has 10 heteroatoms. The zero-order valence-corrected chi connectivity index (χ0v) is 19.9. The minimum Gasteiger partial charge on any atom is -0.368 e. The van der Waals surface area contributed by atoms with E-state index in [9.17, 15) is 8.42 Å². The molecule has 0 unspecified atom stereocenters. The number of nitrogens with zero attached hydrogens (tertiary/aromatic N) is 5. The Balaban J connectivity index is 1.74. The summed E-state index contributed by atoms with van der Waals surface area (Å²) in [5, 5.41) is 0.945. The van der Waals surface area contributed by atoms with Gasteiger partial charge in [0.25, 0.3) is 0 Å². The molecule has 2 heterocycles. The van der Waals surface area contributed by atoms with Crippen LogP contribution in [0.4, 0.5) is 17.5 Å². The Morgan fingerprint density at radius 2 is 1.84 bits per heavy atom. The standard InChI is InChI=1S/C22H24N6O2S2/c1-27(16-9-10-19-18(11-16)25-22(31-3)28(19)2)20-17(12-24-21(23)26-20)15-7-5-14(6-8-15)13-32(4,29)30/h5-12H,13H2,1-4H3,(H2,23,24,26). The van der Waals surface area contributed by atoms with Crippen molar-refractivity contribution in [3.8, 4) is 11.1 Å². The molecule has 0 spiro atoms. The first-order valence-electron chi connectivity index (χ1n) is 9.80. The van der Waals surface area contributed by atoms with Crippen LogP contribution >= 0.6 is 11.8 Å². The molecule has 2 aromatic carbocycles. The van der Waals surface area contributed by atoms with Gasteiger partial charge in [-0.25, -0.2) is 18.4 Å². The molecule has 0 aliphatic rings. The predicted molar refractivity (Wildman–Crippen MR) is 131 cm³/mol. The van der Waals surface area contributed by atoms with Gasteiger partial charge >= 0.3 is 0 Å². The molecule has 4 rings (SSSR count). The van der Waals surface area contributed by atoms with E-state index in [0.717, 1.165) is 38.6 Å². The minimum absolute atomic E-state index is 0.000398. The zero-order valence-electron chi connectivity index (χ0n) is 18.3. The molecule has 0 aliphatic heterocycles. The number of nitrogens with two attached hydrogens (primary N) is 1. The summed E-state index contributed by atoms with van der Waals surface area (Å²) in [5.74, 6) is 0.821. The Hall–Kier alpha value is -3.11. The number of hydrogen-bond donors (Lipinski definition) is 1. The molecule has 0 saturated carbocycles. The predicted octanol–water partition coefficient (Wildman–Crippen LogP) is 3.65. The Kier molecular flexibility index (Phi) is 5.83. The number of fused-ring (bicyclic) bond motifs is 1. The van der Waals surface area contributed by atoms with Gasteiger partial charge in [-0.3, -0.25) is 0 Å². The maximum Gasteiger partial charge on any atom is 0.221 e. The molecule has 2 aromatic heterocycles. The molecule has 0 aliphatic carbocycles. The summed E-state index contributed by atoms with van der Waals surface area (Å²) < 4.78 is 25.2. The van der Waals surface area contributed by atoms with Crippen molar-refractivity contribution in [2.24, 2.45) is 7.05 Å². The lowest BCUT2D eigenvalue weighted by Crippen LogP contribution is -2.14. The third kappa shape index (κ3) is 4.42. The minimum atomic E-state index is -3.10. The number of anilines is 3. The fourth-order valence-electron chi connectivity index (χ4n) is 3.61. The summed E-state index contributed by atoms with van der Waals surface area (Å²) >= 11 is 1.60. The molecular weight excluding hydrogens is 444 g/mol. The molecule has 2 N–H and O–H groups in total. The van der Waals surface area contributed by atoms with Gasteiger partial charge in [-0.1, -0.05) is 36.0 Å². The van der Waals surface area contributed by atoms with Gasteiger partial charge in [0.05, 0.1) is 16.8 Å². The summed E-state index contributed by atoms with van der Waals surface area (Å²) in [5.41, 5.74) is 11.2. The Labute approximate surface area is 191 Å². The highest BCUT2D eigenvalue weighted by molar-refractivity contribution is 7.98. The lowest BCUT2D eigenvalue weighted by Gasteiger charge is -2.21. The van der Waals surface area contributed by atoms with Crippen LogP contribution in [-0.4, -0.2) is 47.5 Å². The van der Waals surface area contributed by atoms with E-state index in [2.05, 4.69) is 14.5 Å². The van der Waals surface area contributed by atoms with E-state index in [1.807, 2.05) is 55.6 Å². The normalized spacial score (nSPS) is 11.8. The lowest BCUT2D eigenvalue weighted by atomic mass is 10.1. The van der Waals surface area contributed by atoms with Crippen molar-refractivity contribution < 1.29 is 8.42 Å². The van der Waals surface area contributed by atoms with Crippen molar-refractivity contribution in [3.63, 3.8) is 0 Å². The fourth-order valence-corrected chi connectivity index (χ4v) is 4.97. The second kappa shape index (κ2) is 8.44. The fraction of sp³-hybridized carbons (Fsp3) is 0.227. The van der Waals surface area contributed by atoms with Crippen LogP contribution < -0.4 is 10.6 Å². The van der Waals surface area contributed by atoms with Crippen molar-refractivity contribution in [2.45, 2.75) is 10.9 Å². The molecule has 0 atom stereocenters. The molecule has 0 amide bonds. The number of aryl methyl sites for hydroxylation is 1. The molecule has 32 heavy (non-hydrogen) atoms. The topological polar surface area (TPSA) is 107 Å². The molecule has 4 aromatic rings. The number of imidazole rings is 1. The van der Waals surface area contributed by atoms with Gasteiger partial charge in [-0.2, -0.15) is 4.98 Å². The van der Waals surface area contributed by atoms with Gasteiger partial charge in [-0.05, 0) is 35.6 Å². The SMILES string of the molecule is CSc1nc2cc(N(C)c3nc(N)ncc3-c3ccc(CS(C)(=O)=O)cc3)ccc2n1C. The highest BCUT2D eigenvalue weighted by Gasteiger charge is 2.16. The van der Waals surface area contributed by atoms with Crippen molar-refractivity contribution in [1.82, 2.24) is 19.5 Å². The second-order valence-corrected chi connectivity index (χ2v) is 10.5. The molecule has 0 fully saturated rings. The van der Waals surface area contributed by atoms with E-state index < -0.39 is 9.84 Å². The van der Waals surface area contributed by atoms with Crippen LogP contribution in [-0.2, 0) is 22.6 Å². The average molecular weight is 469 g/mol. The number of nitrogen functional groups attached to an aromatic ring is 1. The summed E-state index contributed by atoms with van der Waals surface area (Å²) in [4.78, 5) is 15.3. The molecule has 0 radical (unpaired) electrons. The van der Waals surface area contributed by atoms with Crippen LogP contribution in [0.15, 0.2) is 53.8 Å². The van der Waals surface area contributed by atoms with Gasteiger partial charge in [0.2, 0.25) is 5.95 Å². The van der Waals surface area contributed by atoms with Crippen molar-refractivity contribution >= 4 is 50.1 Å². The smallest absolute Gasteiger partial charge is 0.221 e. The highest BCUT2D eigenvalue weighted by atomic mass is 32.2. The zero-order chi connectivity index (χ0) is 23.0. The maximum atomic E-state index is 11.6. The quantitative estimate of drug-likeness (QED) is 0.427. The second-order valence-electron chi connectivity index (χ2n) is 7.62. The Bertz CT molecular complexity index is 1400. The first kappa shape index (κ1) is 22.1. The first-order valence-corrected chi connectivity index (χ1v) is 13.1. The average Bonchev–Trinajstić information content (AvgIpc) is 3.08. The number of aromatic nitrogens is 4. The highest BCUT2D eigenvalue weighted by Crippen LogP contribution is 2.34. The third-order valence-electron chi connectivity index (χ3n) is 5.19. The van der Waals surface area contributed by atoms with Crippen LogP contribution in [0.25, 0.3) is 22.2 Å². The van der Waals surface area contributed by atoms with E-state index in [4.69, 9.17) is 10.7 Å². The molecule has 8 nitrogen and oxygen atoms in total. The molecule has 0 bridgehead atoms. The number of benzene rings is 2. The van der Waals surface area contributed by atoms with Gasteiger partial charge in [-0.15, -0.1) is 0 Å². The van der Waals surface area contributed by atoms with E-state index in [0.29, 0.717) is 5.82 Å². The monoisotopic (exact) mass is 468 g/mol. The van der Waals surface area contributed by atoms with Crippen LogP contribution in [0.2, 0.25) is 0 Å². The van der Waals surface area contributed by atoms with Gasteiger partial charge < -0.3 is 15.2 Å². The van der Waals surface area contributed by atoms with Crippen molar-refractivity contribution in [1.29, 1.82) is 0 Å². The van der Waals surface area contributed by atoms with E-state index in [1.165, 1.54) is 6.26 Å². The van der Waals surface area contributed by atoms with Gasteiger partial charge in [0.15, 0.2) is 15.0 Å². The maximum absolute atomic E-state index is 11.6. The van der Waals surface area contributed by atoms with Crippen LogP contribution in [0, 0.1) is 0 Å². The third-order valence-corrected chi connectivity index (χ3v) is 6.78.